The van der Waals surface area contributed by atoms with E-state index < -0.39 is 0 Å². The van der Waals surface area contributed by atoms with Gasteiger partial charge in [-0.15, -0.1) is 0 Å². The van der Waals surface area contributed by atoms with Gasteiger partial charge in [0.25, 0.3) is 0 Å². The molecule has 1 heterocycles. The molecule has 1 fully saturated rings. The molecular formula is C13H14ClN3. The highest BCUT2D eigenvalue weighted by molar-refractivity contribution is 6.30. The summed E-state index contributed by atoms with van der Waals surface area (Å²) in [6.07, 6.45) is 4.27. The average molecular weight is 248 g/mol. The van der Waals surface area contributed by atoms with Crippen LogP contribution in [-0.4, -0.2) is 16.3 Å². The van der Waals surface area contributed by atoms with Gasteiger partial charge in [-0.2, -0.15) is 5.10 Å². The minimum absolute atomic E-state index is 0.143. The molecule has 0 bridgehead atoms. The topological polar surface area (TPSA) is 43.8 Å². The first-order valence-corrected chi connectivity index (χ1v) is 6.13. The van der Waals surface area contributed by atoms with Crippen molar-refractivity contribution in [3.05, 3.63) is 47.2 Å². The van der Waals surface area contributed by atoms with Crippen molar-refractivity contribution in [2.24, 2.45) is 5.73 Å². The first-order valence-electron chi connectivity index (χ1n) is 5.76. The summed E-state index contributed by atoms with van der Waals surface area (Å²) in [6, 6.07) is 9.73. The van der Waals surface area contributed by atoms with Gasteiger partial charge in [-0.25, -0.2) is 4.68 Å². The predicted molar refractivity (Wildman–Crippen MR) is 68.5 cm³/mol. The third-order valence-electron chi connectivity index (χ3n) is 3.45. The number of nitrogens with two attached hydrogens (primary N) is 1. The summed E-state index contributed by atoms with van der Waals surface area (Å²) in [5.41, 5.74) is 8.03. The molecule has 0 radical (unpaired) electrons. The molecule has 1 aromatic heterocycles. The van der Waals surface area contributed by atoms with Crippen molar-refractivity contribution in [2.45, 2.75) is 18.3 Å². The number of rotatable bonds is 3. The number of hydrogen-bond acceptors (Lipinski definition) is 2. The summed E-state index contributed by atoms with van der Waals surface area (Å²) in [5.74, 6) is 0. The van der Waals surface area contributed by atoms with Crippen molar-refractivity contribution < 1.29 is 0 Å². The molecule has 0 aliphatic heterocycles. The van der Waals surface area contributed by atoms with E-state index in [2.05, 4.69) is 11.2 Å². The van der Waals surface area contributed by atoms with E-state index in [1.54, 1.807) is 0 Å². The van der Waals surface area contributed by atoms with Crippen LogP contribution in [0.5, 0.6) is 0 Å². The zero-order valence-corrected chi connectivity index (χ0v) is 10.2. The Kier molecular flexibility index (Phi) is 2.45. The fraction of sp³-hybridized carbons (Fsp3) is 0.308. The van der Waals surface area contributed by atoms with Crippen molar-refractivity contribution in [2.75, 3.05) is 6.54 Å². The summed E-state index contributed by atoms with van der Waals surface area (Å²) < 4.78 is 1.86. The molecule has 0 spiro atoms. The van der Waals surface area contributed by atoms with Crippen molar-refractivity contribution in [1.82, 2.24) is 9.78 Å². The Morgan fingerprint density at radius 3 is 2.82 bits per heavy atom. The maximum absolute atomic E-state index is 5.97. The largest absolute Gasteiger partial charge is 0.330 e. The molecule has 3 rings (SSSR count). The minimum Gasteiger partial charge on any atom is -0.330 e. The van der Waals surface area contributed by atoms with Crippen LogP contribution >= 0.6 is 11.6 Å². The fourth-order valence-corrected chi connectivity index (χ4v) is 2.27. The normalized spacial score (nSPS) is 17.1. The Morgan fingerprint density at radius 2 is 2.18 bits per heavy atom. The van der Waals surface area contributed by atoms with Crippen molar-refractivity contribution >= 4 is 11.6 Å². The monoisotopic (exact) mass is 247 g/mol. The lowest BCUT2D eigenvalue weighted by Gasteiger charge is -2.08. The SMILES string of the molecule is NCC1(c2ccn(-c3cccc(Cl)c3)n2)CC1. The van der Waals surface area contributed by atoms with Gasteiger partial charge in [0.2, 0.25) is 0 Å². The van der Waals surface area contributed by atoms with E-state index >= 15 is 0 Å². The molecule has 1 saturated carbocycles. The minimum atomic E-state index is 0.143. The van der Waals surface area contributed by atoms with E-state index in [0.29, 0.717) is 6.54 Å². The van der Waals surface area contributed by atoms with Crippen molar-refractivity contribution in [3.63, 3.8) is 0 Å². The van der Waals surface area contributed by atoms with Crippen molar-refractivity contribution in [3.8, 4) is 5.69 Å². The molecule has 88 valence electrons. The highest BCUT2D eigenvalue weighted by atomic mass is 35.5. The first-order chi connectivity index (χ1) is 8.23. The van der Waals surface area contributed by atoms with Crippen LogP contribution in [0.4, 0.5) is 0 Å². The lowest BCUT2D eigenvalue weighted by atomic mass is 10.0. The zero-order valence-electron chi connectivity index (χ0n) is 9.44. The van der Waals surface area contributed by atoms with Gasteiger partial charge in [-0.05, 0) is 37.1 Å². The van der Waals surface area contributed by atoms with Gasteiger partial charge in [0, 0.05) is 23.2 Å². The quantitative estimate of drug-likeness (QED) is 0.906. The molecule has 1 aliphatic carbocycles. The predicted octanol–water partition coefficient (Wildman–Crippen LogP) is 2.52. The second kappa shape index (κ2) is 3.86. The second-order valence-electron chi connectivity index (χ2n) is 4.61. The summed E-state index contributed by atoms with van der Waals surface area (Å²) >= 11 is 5.97. The highest BCUT2D eigenvalue weighted by Gasteiger charge is 2.44. The van der Waals surface area contributed by atoms with Gasteiger partial charge in [0.05, 0.1) is 11.4 Å². The Bertz CT molecular complexity index is 543. The van der Waals surface area contributed by atoms with Crippen LogP contribution in [-0.2, 0) is 5.41 Å². The van der Waals surface area contributed by atoms with E-state index in [1.165, 1.54) is 0 Å². The number of halogens is 1. The molecule has 2 N–H and O–H groups in total. The van der Waals surface area contributed by atoms with E-state index in [4.69, 9.17) is 17.3 Å². The summed E-state index contributed by atoms with van der Waals surface area (Å²) in [5, 5.41) is 5.33. The standard InChI is InChI=1S/C13H14ClN3/c14-10-2-1-3-11(8-10)17-7-4-12(16-17)13(9-15)5-6-13/h1-4,7-8H,5-6,9,15H2. The third kappa shape index (κ3) is 1.85. The van der Waals surface area contributed by atoms with Crippen LogP contribution in [0.2, 0.25) is 5.02 Å². The average Bonchev–Trinajstić information content (AvgIpc) is 2.99. The number of nitrogens with zero attached hydrogens (tertiary/aromatic N) is 2. The Hall–Kier alpha value is -1.32. The lowest BCUT2D eigenvalue weighted by Crippen LogP contribution is -2.20. The van der Waals surface area contributed by atoms with Crippen LogP contribution in [0.3, 0.4) is 0 Å². The maximum atomic E-state index is 5.97. The van der Waals surface area contributed by atoms with E-state index in [0.717, 1.165) is 29.2 Å². The van der Waals surface area contributed by atoms with Crippen LogP contribution in [0.15, 0.2) is 36.5 Å². The molecule has 0 unspecified atom stereocenters. The van der Waals surface area contributed by atoms with Gasteiger partial charge in [-0.1, -0.05) is 17.7 Å². The van der Waals surface area contributed by atoms with Crippen LogP contribution < -0.4 is 5.73 Å². The van der Waals surface area contributed by atoms with Gasteiger partial charge in [0.15, 0.2) is 0 Å². The molecular weight excluding hydrogens is 234 g/mol. The molecule has 1 aliphatic rings. The fourth-order valence-electron chi connectivity index (χ4n) is 2.08. The number of hydrogen-bond donors (Lipinski definition) is 1. The van der Waals surface area contributed by atoms with Crippen molar-refractivity contribution in [1.29, 1.82) is 0 Å². The molecule has 2 aromatic rings. The molecule has 0 saturated heterocycles. The molecule has 4 heteroatoms. The van der Waals surface area contributed by atoms with Gasteiger partial charge in [-0.3, -0.25) is 0 Å². The molecule has 0 atom stereocenters. The molecule has 17 heavy (non-hydrogen) atoms. The Morgan fingerprint density at radius 1 is 1.35 bits per heavy atom. The zero-order chi connectivity index (χ0) is 11.9. The molecule has 0 amide bonds. The summed E-state index contributed by atoms with van der Waals surface area (Å²) in [4.78, 5) is 0. The maximum Gasteiger partial charge on any atom is 0.0703 e. The van der Waals surface area contributed by atoms with Gasteiger partial charge in [0.1, 0.15) is 0 Å². The van der Waals surface area contributed by atoms with Crippen LogP contribution in [0, 0.1) is 0 Å². The lowest BCUT2D eigenvalue weighted by molar-refractivity contribution is 0.661. The van der Waals surface area contributed by atoms with E-state index in [9.17, 15) is 0 Å². The number of benzene rings is 1. The summed E-state index contributed by atoms with van der Waals surface area (Å²) in [7, 11) is 0. The highest BCUT2D eigenvalue weighted by Crippen LogP contribution is 2.46. The summed E-state index contributed by atoms with van der Waals surface area (Å²) in [6.45, 7) is 0.680. The smallest absolute Gasteiger partial charge is 0.0703 e. The third-order valence-corrected chi connectivity index (χ3v) is 3.68. The van der Waals surface area contributed by atoms with Crippen LogP contribution in [0.1, 0.15) is 18.5 Å². The Balaban J connectivity index is 1.95. The van der Waals surface area contributed by atoms with E-state index in [-0.39, 0.29) is 5.41 Å². The number of aromatic nitrogens is 2. The second-order valence-corrected chi connectivity index (χ2v) is 5.05. The van der Waals surface area contributed by atoms with Gasteiger partial charge < -0.3 is 5.73 Å². The van der Waals surface area contributed by atoms with E-state index in [1.807, 2.05) is 35.1 Å². The van der Waals surface area contributed by atoms with Gasteiger partial charge >= 0.3 is 0 Å². The first kappa shape index (κ1) is 10.8. The molecule has 1 aromatic carbocycles. The molecule has 3 nitrogen and oxygen atoms in total. The van der Waals surface area contributed by atoms with Crippen LogP contribution in [0.25, 0.3) is 5.69 Å². The Labute approximate surface area is 105 Å².